The molecule has 1 aliphatic heterocycles. The summed E-state index contributed by atoms with van der Waals surface area (Å²) < 4.78 is 3.35. The molecule has 0 spiro atoms. The van der Waals surface area contributed by atoms with Crippen molar-refractivity contribution in [2.75, 3.05) is 31.5 Å². The summed E-state index contributed by atoms with van der Waals surface area (Å²) in [7, 11) is 1.82. The number of benzene rings is 1. The number of piperazine rings is 1. The molecule has 1 amide bonds. The van der Waals surface area contributed by atoms with E-state index in [1.807, 2.05) is 75.6 Å². The maximum atomic E-state index is 13.1. The molecule has 8 nitrogen and oxygen atoms in total. The number of hydrogen-bond acceptors (Lipinski definition) is 5. The number of anilines is 1. The van der Waals surface area contributed by atoms with Crippen molar-refractivity contribution in [3.63, 3.8) is 0 Å². The molecule has 3 heterocycles. The summed E-state index contributed by atoms with van der Waals surface area (Å²) >= 11 is 0. The molecule has 1 unspecified atom stereocenters. The van der Waals surface area contributed by atoms with Gasteiger partial charge in [-0.25, -0.2) is 4.68 Å². The number of hydrogen-bond donors (Lipinski definition) is 1. The predicted octanol–water partition coefficient (Wildman–Crippen LogP) is 2.02. The van der Waals surface area contributed by atoms with Crippen LogP contribution in [-0.2, 0) is 18.4 Å². The molecule has 2 aromatic heterocycles. The van der Waals surface area contributed by atoms with Gasteiger partial charge in [-0.05, 0) is 38.1 Å². The van der Waals surface area contributed by atoms with Crippen molar-refractivity contribution in [3.05, 3.63) is 76.5 Å². The van der Waals surface area contributed by atoms with Crippen molar-refractivity contribution in [1.82, 2.24) is 24.1 Å². The summed E-state index contributed by atoms with van der Waals surface area (Å²) in [5.41, 5.74) is 2.65. The topological polar surface area (TPSA) is 75.4 Å². The summed E-state index contributed by atoms with van der Waals surface area (Å²) in [6.45, 7) is 7.90. The third kappa shape index (κ3) is 4.51. The van der Waals surface area contributed by atoms with E-state index >= 15 is 0 Å². The highest BCUT2D eigenvalue weighted by atomic mass is 16.2. The number of amides is 1. The molecule has 1 N–H and O–H groups in total. The minimum Gasteiger partial charge on any atom is -0.319 e. The normalized spacial score (nSPS) is 16.1. The fraction of sp³-hybridized carbons (Fsp3) is 0.375. The van der Waals surface area contributed by atoms with Gasteiger partial charge in [0.05, 0.1) is 23.1 Å². The first-order chi connectivity index (χ1) is 15.5. The number of carbonyl (C=O) groups excluding carboxylic acids is 1. The Morgan fingerprint density at radius 3 is 2.41 bits per heavy atom. The van der Waals surface area contributed by atoms with Crippen LogP contribution < -0.4 is 10.9 Å². The van der Waals surface area contributed by atoms with Crippen LogP contribution in [0.2, 0.25) is 0 Å². The fourth-order valence-corrected chi connectivity index (χ4v) is 4.14. The van der Waals surface area contributed by atoms with Crippen molar-refractivity contribution >= 4 is 11.6 Å². The smallest absolute Gasteiger partial charge is 0.295 e. The minimum absolute atomic E-state index is 0.158. The lowest BCUT2D eigenvalue weighted by Crippen LogP contribution is -2.52. The molecule has 8 heteroatoms. The third-order valence-electron chi connectivity index (χ3n) is 6.25. The van der Waals surface area contributed by atoms with Crippen LogP contribution in [0.25, 0.3) is 5.69 Å². The van der Waals surface area contributed by atoms with Crippen molar-refractivity contribution in [2.45, 2.75) is 26.4 Å². The molecule has 1 aromatic carbocycles. The molecular formula is C24H30N6O2. The maximum absolute atomic E-state index is 13.1. The van der Waals surface area contributed by atoms with E-state index in [4.69, 9.17) is 0 Å². The van der Waals surface area contributed by atoms with E-state index < -0.39 is 0 Å². The lowest BCUT2D eigenvalue weighted by atomic mass is 10.2. The maximum Gasteiger partial charge on any atom is 0.295 e. The quantitative estimate of drug-likeness (QED) is 0.643. The second-order valence-corrected chi connectivity index (χ2v) is 8.23. The van der Waals surface area contributed by atoms with Gasteiger partial charge >= 0.3 is 0 Å². The summed E-state index contributed by atoms with van der Waals surface area (Å²) in [5, 5.41) is 2.90. The van der Waals surface area contributed by atoms with Gasteiger partial charge in [0.2, 0.25) is 5.91 Å². The highest BCUT2D eigenvalue weighted by molar-refractivity contribution is 5.95. The number of nitrogens with zero attached hydrogens (tertiary/aromatic N) is 5. The van der Waals surface area contributed by atoms with Gasteiger partial charge in [0.25, 0.3) is 5.56 Å². The number of pyridine rings is 1. The van der Waals surface area contributed by atoms with Crippen molar-refractivity contribution in [3.8, 4) is 5.69 Å². The summed E-state index contributed by atoms with van der Waals surface area (Å²) in [5.74, 6) is -0.158. The summed E-state index contributed by atoms with van der Waals surface area (Å²) in [6, 6.07) is 15.1. The van der Waals surface area contributed by atoms with Crippen LogP contribution in [0.15, 0.2) is 59.5 Å². The Balaban J connectivity index is 1.40. The van der Waals surface area contributed by atoms with Gasteiger partial charge in [0, 0.05) is 46.0 Å². The Kier molecular flexibility index (Phi) is 6.53. The molecule has 0 bridgehead atoms. The first-order valence-corrected chi connectivity index (χ1v) is 11.0. The second kappa shape index (κ2) is 9.50. The summed E-state index contributed by atoms with van der Waals surface area (Å²) in [4.78, 5) is 35.0. The Hall–Kier alpha value is -3.23. The second-order valence-electron chi connectivity index (χ2n) is 8.23. The SMILES string of the molecule is Cc1c(NC(=O)C(C)N2CCN(Cc3ccccn3)CC2)c(=O)n(-c2ccccc2)n1C. The van der Waals surface area contributed by atoms with Crippen LogP contribution >= 0.6 is 0 Å². The molecule has 1 fully saturated rings. The lowest BCUT2D eigenvalue weighted by Gasteiger charge is -2.37. The molecule has 1 saturated heterocycles. The zero-order chi connectivity index (χ0) is 22.7. The van der Waals surface area contributed by atoms with Gasteiger partial charge in [-0.1, -0.05) is 24.3 Å². The average Bonchev–Trinajstić information content (AvgIpc) is 3.03. The van der Waals surface area contributed by atoms with Crippen molar-refractivity contribution in [1.29, 1.82) is 0 Å². The van der Waals surface area contributed by atoms with Crippen LogP contribution in [-0.4, -0.2) is 62.3 Å². The molecule has 3 aromatic rings. The first kappa shape index (κ1) is 22.0. The number of rotatable bonds is 6. The van der Waals surface area contributed by atoms with Gasteiger partial charge in [-0.3, -0.25) is 29.1 Å². The molecule has 0 aliphatic carbocycles. The van der Waals surface area contributed by atoms with Crippen LogP contribution in [0, 0.1) is 6.92 Å². The van der Waals surface area contributed by atoms with Gasteiger partial charge in [-0.15, -0.1) is 0 Å². The number of nitrogens with one attached hydrogen (secondary N) is 1. The molecular weight excluding hydrogens is 404 g/mol. The van der Waals surface area contributed by atoms with Gasteiger partial charge in [-0.2, -0.15) is 0 Å². The van der Waals surface area contributed by atoms with Crippen molar-refractivity contribution < 1.29 is 4.79 Å². The van der Waals surface area contributed by atoms with E-state index in [0.29, 0.717) is 5.69 Å². The molecule has 1 atom stereocenters. The largest absolute Gasteiger partial charge is 0.319 e. The van der Waals surface area contributed by atoms with E-state index in [1.165, 1.54) is 0 Å². The molecule has 0 radical (unpaired) electrons. The minimum atomic E-state index is -0.323. The Labute approximate surface area is 188 Å². The van der Waals surface area contributed by atoms with E-state index in [9.17, 15) is 9.59 Å². The Morgan fingerprint density at radius 1 is 1.06 bits per heavy atom. The standard InChI is InChI=1S/C24H30N6O2/c1-18-22(24(32)30(27(18)3)21-10-5-4-6-11-21)26-23(31)19(2)29-15-13-28(14-16-29)17-20-9-7-8-12-25-20/h4-12,19H,13-17H2,1-3H3,(H,26,31). The van der Waals surface area contributed by atoms with Crippen molar-refractivity contribution in [2.24, 2.45) is 7.05 Å². The molecule has 1 aliphatic rings. The molecule has 4 rings (SSSR count). The Bertz CT molecular complexity index is 1110. The van der Waals surface area contributed by atoms with Gasteiger partial charge in [0.15, 0.2) is 0 Å². The van der Waals surface area contributed by atoms with E-state index in [0.717, 1.165) is 49.8 Å². The molecule has 32 heavy (non-hydrogen) atoms. The van der Waals surface area contributed by atoms with Gasteiger partial charge < -0.3 is 5.32 Å². The highest BCUT2D eigenvalue weighted by Crippen LogP contribution is 2.16. The van der Waals surface area contributed by atoms with Crippen LogP contribution in [0.5, 0.6) is 0 Å². The molecule has 0 saturated carbocycles. The zero-order valence-electron chi connectivity index (χ0n) is 18.9. The first-order valence-electron chi connectivity index (χ1n) is 11.0. The fourth-order valence-electron chi connectivity index (χ4n) is 4.14. The van der Waals surface area contributed by atoms with Crippen LogP contribution in [0.1, 0.15) is 18.3 Å². The monoisotopic (exact) mass is 434 g/mol. The highest BCUT2D eigenvalue weighted by Gasteiger charge is 2.27. The van der Waals surface area contributed by atoms with Crippen LogP contribution in [0.4, 0.5) is 5.69 Å². The van der Waals surface area contributed by atoms with Gasteiger partial charge in [0.1, 0.15) is 5.69 Å². The Morgan fingerprint density at radius 2 is 1.75 bits per heavy atom. The number of aromatic nitrogens is 3. The van der Waals surface area contributed by atoms with E-state index in [1.54, 1.807) is 9.36 Å². The van der Waals surface area contributed by atoms with E-state index in [-0.39, 0.29) is 17.5 Å². The predicted molar refractivity (Wildman–Crippen MR) is 125 cm³/mol. The number of para-hydroxylation sites is 1. The summed E-state index contributed by atoms with van der Waals surface area (Å²) in [6.07, 6.45) is 1.81. The average molecular weight is 435 g/mol. The zero-order valence-corrected chi connectivity index (χ0v) is 18.9. The van der Waals surface area contributed by atoms with Crippen LogP contribution in [0.3, 0.4) is 0 Å². The number of carbonyl (C=O) groups is 1. The third-order valence-corrected chi connectivity index (χ3v) is 6.25. The molecule has 168 valence electrons. The lowest BCUT2D eigenvalue weighted by molar-refractivity contribution is -0.121. The van der Waals surface area contributed by atoms with E-state index in [2.05, 4.69) is 20.1 Å².